The van der Waals surface area contributed by atoms with Crippen LogP contribution in [0.4, 0.5) is 0 Å². The number of hydrogen-bond donors (Lipinski definition) is 1. The van der Waals surface area contributed by atoms with Crippen molar-refractivity contribution in [1.29, 1.82) is 0 Å². The summed E-state index contributed by atoms with van der Waals surface area (Å²) in [5.41, 5.74) is 2.63. The zero-order chi connectivity index (χ0) is 16.0. The van der Waals surface area contributed by atoms with Gasteiger partial charge in [0.15, 0.2) is 0 Å². The molecular formula is C11H24N2O6P2. The molecule has 1 aliphatic rings. The normalized spacial score (nSPS) is 17.9. The second-order valence-corrected chi connectivity index (χ2v) is 9.01. The fourth-order valence-corrected chi connectivity index (χ4v) is 7.27. The van der Waals surface area contributed by atoms with E-state index < -0.39 is 20.2 Å². The molecule has 0 amide bonds. The Bertz CT molecular complexity index is 396. The minimum atomic E-state index is -3.83. The second-order valence-electron chi connectivity index (χ2n) is 4.11. The molecule has 0 aromatic heterocycles. The standard InChI is InChI=1S/C11H24N2O6P2/c1-5-16-20(14,17-6-2)11(9-10-12-13-11)21(15,18-7-3)19-8-4/h10,13H,5-9H2,1-4H3. The summed E-state index contributed by atoms with van der Waals surface area (Å²) in [6.07, 6.45) is 1.54. The molecule has 0 atom stereocenters. The van der Waals surface area contributed by atoms with Crippen molar-refractivity contribution in [1.82, 2.24) is 5.43 Å². The summed E-state index contributed by atoms with van der Waals surface area (Å²) in [5.74, 6) is 0. The minimum absolute atomic E-state index is 0.0710. The zero-order valence-electron chi connectivity index (χ0n) is 12.9. The Morgan fingerprint density at radius 1 is 0.952 bits per heavy atom. The summed E-state index contributed by atoms with van der Waals surface area (Å²) < 4.78 is 47.8. The summed E-state index contributed by atoms with van der Waals surface area (Å²) >= 11 is 0. The molecule has 10 heteroatoms. The Kier molecular flexibility index (Phi) is 7.04. The lowest BCUT2D eigenvalue weighted by atomic mass is 10.5. The highest BCUT2D eigenvalue weighted by Crippen LogP contribution is 2.78. The molecule has 0 aliphatic carbocycles. The fraction of sp³-hybridized carbons (Fsp3) is 0.909. The summed E-state index contributed by atoms with van der Waals surface area (Å²) in [5, 5.41) is 2.22. The van der Waals surface area contributed by atoms with Gasteiger partial charge >= 0.3 is 15.2 Å². The van der Waals surface area contributed by atoms with Crippen LogP contribution < -0.4 is 5.43 Å². The Morgan fingerprint density at radius 2 is 1.33 bits per heavy atom. The van der Waals surface area contributed by atoms with Crippen molar-refractivity contribution in [3.8, 4) is 0 Å². The van der Waals surface area contributed by atoms with Gasteiger partial charge in [-0.3, -0.25) is 14.6 Å². The molecule has 8 nitrogen and oxygen atoms in total. The zero-order valence-corrected chi connectivity index (χ0v) is 14.7. The molecule has 1 N–H and O–H groups in total. The molecule has 1 aliphatic heterocycles. The first-order chi connectivity index (χ1) is 9.95. The predicted molar refractivity (Wildman–Crippen MR) is 80.7 cm³/mol. The first-order valence-electron chi connectivity index (χ1n) is 7.02. The number of nitrogens with one attached hydrogen (secondary N) is 1. The molecule has 0 spiro atoms. The van der Waals surface area contributed by atoms with Gasteiger partial charge in [0.05, 0.1) is 26.4 Å². The minimum Gasteiger partial charge on any atom is -0.307 e. The van der Waals surface area contributed by atoms with Gasteiger partial charge in [-0.25, -0.2) is 0 Å². The Hall–Kier alpha value is -0.230. The van der Waals surface area contributed by atoms with Crippen LogP contribution in [0.25, 0.3) is 0 Å². The fourth-order valence-electron chi connectivity index (χ4n) is 2.05. The third-order valence-corrected chi connectivity index (χ3v) is 9.05. The van der Waals surface area contributed by atoms with Crippen LogP contribution in [0.1, 0.15) is 34.1 Å². The average Bonchev–Trinajstić information content (AvgIpc) is 2.91. The SMILES string of the molecule is CCOP(=O)(OCC)C1(P(=O)(OCC)OCC)CC=NN1. The maximum atomic E-state index is 13.2. The number of hydrogen-bond acceptors (Lipinski definition) is 8. The lowest BCUT2D eigenvalue weighted by molar-refractivity contribution is 0.172. The quantitative estimate of drug-likeness (QED) is 0.609. The van der Waals surface area contributed by atoms with E-state index in [-0.39, 0.29) is 32.8 Å². The third-order valence-electron chi connectivity index (χ3n) is 2.81. The molecule has 0 aromatic rings. The van der Waals surface area contributed by atoms with Crippen LogP contribution in [0.2, 0.25) is 0 Å². The van der Waals surface area contributed by atoms with E-state index in [1.807, 2.05) is 0 Å². The Labute approximate surface area is 125 Å². The molecular weight excluding hydrogens is 318 g/mol. The molecule has 0 unspecified atom stereocenters. The highest BCUT2D eigenvalue weighted by Gasteiger charge is 2.66. The van der Waals surface area contributed by atoms with Gasteiger partial charge in [-0.1, -0.05) is 0 Å². The van der Waals surface area contributed by atoms with Gasteiger partial charge in [0.1, 0.15) is 0 Å². The van der Waals surface area contributed by atoms with Gasteiger partial charge in [-0.2, -0.15) is 5.10 Å². The molecule has 21 heavy (non-hydrogen) atoms. The van der Waals surface area contributed by atoms with Gasteiger partial charge in [-0.15, -0.1) is 0 Å². The first-order valence-corrected chi connectivity index (χ1v) is 10.1. The summed E-state index contributed by atoms with van der Waals surface area (Å²) in [6, 6.07) is 0. The van der Waals surface area contributed by atoms with Gasteiger partial charge in [0.2, 0.25) is 0 Å². The van der Waals surface area contributed by atoms with Crippen LogP contribution in [0.3, 0.4) is 0 Å². The van der Waals surface area contributed by atoms with Crippen molar-refractivity contribution in [3.05, 3.63) is 0 Å². The van der Waals surface area contributed by atoms with Crippen LogP contribution in [0, 0.1) is 0 Å². The summed E-state index contributed by atoms with van der Waals surface area (Å²) in [4.78, 5) is 0. The van der Waals surface area contributed by atoms with E-state index in [9.17, 15) is 9.13 Å². The highest BCUT2D eigenvalue weighted by atomic mass is 31.2. The van der Waals surface area contributed by atoms with Crippen LogP contribution >= 0.6 is 15.2 Å². The van der Waals surface area contributed by atoms with Crippen molar-refractivity contribution in [2.75, 3.05) is 26.4 Å². The molecule has 0 saturated heterocycles. The van der Waals surface area contributed by atoms with Crippen molar-refractivity contribution in [2.24, 2.45) is 5.10 Å². The second kappa shape index (κ2) is 7.86. The Morgan fingerprint density at radius 3 is 1.57 bits per heavy atom. The predicted octanol–water partition coefficient (Wildman–Crippen LogP) is 3.15. The van der Waals surface area contributed by atoms with E-state index in [1.165, 1.54) is 6.21 Å². The summed E-state index contributed by atoms with van der Waals surface area (Å²) in [7, 11) is -7.66. The van der Waals surface area contributed by atoms with E-state index >= 15 is 0 Å². The van der Waals surface area contributed by atoms with Crippen molar-refractivity contribution >= 4 is 21.4 Å². The van der Waals surface area contributed by atoms with E-state index in [0.29, 0.717) is 0 Å². The van der Waals surface area contributed by atoms with Crippen molar-refractivity contribution in [2.45, 2.75) is 39.1 Å². The van der Waals surface area contributed by atoms with Crippen LogP contribution in [0.15, 0.2) is 5.10 Å². The molecule has 124 valence electrons. The lowest BCUT2D eigenvalue weighted by Crippen LogP contribution is -2.41. The monoisotopic (exact) mass is 342 g/mol. The van der Waals surface area contributed by atoms with Gasteiger partial charge < -0.3 is 18.1 Å². The maximum absolute atomic E-state index is 13.2. The van der Waals surface area contributed by atoms with Crippen LogP contribution in [0.5, 0.6) is 0 Å². The molecule has 1 rings (SSSR count). The van der Waals surface area contributed by atoms with Crippen LogP contribution in [-0.2, 0) is 27.2 Å². The van der Waals surface area contributed by atoms with Crippen molar-refractivity contribution in [3.63, 3.8) is 0 Å². The van der Waals surface area contributed by atoms with Crippen LogP contribution in [-0.4, -0.2) is 37.7 Å². The first kappa shape index (κ1) is 18.8. The number of nitrogens with zero attached hydrogens (tertiary/aromatic N) is 1. The van der Waals surface area contributed by atoms with Gasteiger partial charge in [0.25, 0.3) is 5.02 Å². The van der Waals surface area contributed by atoms with Gasteiger partial charge in [0, 0.05) is 12.6 Å². The third kappa shape index (κ3) is 3.41. The van der Waals surface area contributed by atoms with E-state index in [4.69, 9.17) is 18.1 Å². The van der Waals surface area contributed by atoms with E-state index in [0.717, 1.165) is 0 Å². The number of rotatable bonds is 10. The molecule has 1 heterocycles. The highest BCUT2D eigenvalue weighted by molar-refractivity contribution is 7.74. The molecule has 0 saturated carbocycles. The largest absolute Gasteiger partial charge is 0.370 e. The molecule has 0 bridgehead atoms. The van der Waals surface area contributed by atoms with Gasteiger partial charge in [-0.05, 0) is 27.7 Å². The molecule has 0 aromatic carbocycles. The van der Waals surface area contributed by atoms with Crippen molar-refractivity contribution < 1.29 is 27.2 Å². The summed E-state index contributed by atoms with van der Waals surface area (Å²) in [6.45, 7) is 7.28. The smallest absolute Gasteiger partial charge is 0.307 e. The lowest BCUT2D eigenvalue weighted by Gasteiger charge is -2.38. The molecule has 0 fully saturated rings. The average molecular weight is 342 g/mol. The van der Waals surface area contributed by atoms with E-state index in [2.05, 4.69) is 10.5 Å². The Balaban J connectivity index is 3.34. The van der Waals surface area contributed by atoms with E-state index in [1.54, 1.807) is 27.7 Å². The topological polar surface area (TPSA) is 95.5 Å². The maximum Gasteiger partial charge on any atom is 0.370 e. The molecule has 0 radical (unpaired) electrons. The number of hydrazone groups is 1.